The molecule has 88 valence electrons. The SMILES string of the molecule is CCN(CCCl)C(=O)Cc1cccc(C)c1. The fourth-order valence-electron chi connectivity index (χ4n) is 1.67. The average molecular weight is 240 g/mol. The summed E-state index contributed by atoms with van der Waals surface area (Å²) in [6, 6.07) is 8.05. The van der Waals surface area contributed by atoms with Crippen molar-refractivity contribution < 1.29 is 4.79 Å². The van der Waals surface area contributed by atoms with Crippen LogP contribution in [0.5, 0.6) is 0 Å². The molecule has 0 heterocycles. The van der Waals surface area contributed by atoms with E-state index in [9.17, 15) is 4.79 Å². The molecule has 1 aromatic rings. The van der Waals surface area contributed by atoms with Crippen molar-refractivity contribution in [3.05, 3.63) is 35.4 Å². The highest BCUT2D eigenvalue weighted by molar-refractivity contribution is 6.18. The van der Waals surface area contributed by atoms with Gasteiger partial charge in [-0.1, -0.05) is 29.8 Å². The highest BCUT2D eigenvalue weighted by atomic mass is 35.5. The quantitative estimate of drug-likeness (QED) is 0.724. The molecule has 0 atom stereocenters. The fourth-order valence-corrected chi connectivity index (χ4v) is 1.87. The number of carbonyl (C=O) groups is 1. The maximum absolute atomic E-state index is 11.9. The summed E-state index contributed by atoms with van der Waals surface area (Å²) in [6.45, 7) is 5.35. The Morgan fingerprint density at radius 3 is 2.75 bits per heavy atom. The maximum atomic E-state index is 11.9. The first-order valence-corrected chi connectivity index (χ1v) is 6.10. The maximum Gasteiger partial charge on any atom is 0.227 e. The molecule has 1 rings (SSSR count). The molecule has 0 saturated heterocycles. The van der Waals surface area contributed by atoms with E-state index in [4.69, 9.17) is 11.6 Å². The van der Waals surface area contributed by atoms with Gasteiger partial charge in [-0.2, -0.15) is 0 Å². The van der Waals surface area contributed by atoms with E-state index in [-0.39, 0.29) is 5.91 Å². The first-order chi connectivity index (χ1) is 7.67. The molecule has 0 saturated carbocycles. The van der Waals surface area contributed by atoms with Crippen molar-refractivity contribution in [2.45, 2.75) is 20.3 Å². The molecular weight excluding hydrogens is 222 g/mol. The van der Waals surface area contributed by atoms with E-state index < -0.39 is 0 Å². The topological polar surface area (TPSA) is 20.3 Å². The molecule has 0 unspecified atom stereocenters. The Kier molecular flexibility index (Phi) is 5.33. The number of amides is 1. The summed E-state index contributed by atoms with van der Waals surface area (Å²) >= 11 is 5.65. The Labute approximate surface area is 102 Å². The molecule has 0 fully saturated rings. The lowest BCUT2D eigenvalue weighted by Crippen LogP contribution is -2.33. The molecule has 0 radical (unpaired) electrons. The molecule has 0 spiro atoms. The number of rotatable bonds is 5. The van der Waals surface area contributed by atoms with E-state index in [0.717, 1.165) is 12.1 Å². The van der Waals surface area contributed by atoms with E-state index in [2.05, 4.69) is 0 Å². The third-order valence-electron chi connectivity index (χ3n) is 2.53. The van der Waals surface area contributed by atoms with Gasteiger partial charge in [-0.25, -0.2) is 0 Å². The zero-order valence-electron chi connectivity index (χ0n) is 9.87. The van der Waals surface area contributed by atoms with Crippen molar-refractivity contribution in [1.29, 1.82) is 0 Å². The number of hydrogen-bond donors (Lipinski definition) is 0. The van der Waals surface area contributed by atoms with Crippen molar-refractivity contribution in [3.63, 3.8) is 0 Å². The summed E-state index contributed by atoms with van der Waals surface area (Å²) < 4.78 is 0. The van der Waals surface area contributed by atoms with E-state index in [0.29, 0.717) is 18.8 Å². The highest BCUT2D eigenvalue weighted by Gasteiger charge is 2.11. The fraction of sp³-hybridized carbons (Fsp3) is 0.462. The van der Waals surface area contributed by atoms with Crippen LogP contribution in [-0.4, -0.2) is 29.8 Å². The average Bonchev–Trinajstić information content (AvgIpc) is 2.25. The van der Waals surface area contributed by atoms with Crippen LogP contribution in [0.15, 0.2) is 24.3 Å². The van der Waals surface area contributed by atoms with Gasteiger partial charge in [-0.05, 0) is 19.4 Å². The second-order valence-electron chi connectivity index (χ2n) is 3.83. The van der Waals surface area contributed by atoms with Crippen LogP contribution in [0.3, 0.4) is 0 Å². The molecule has 1 aromatic carbocycles. The molecular formula is C13H18ClNO. The molecule has 0 aromatic heterocycles. The van der Waals surface area contributed by atoms with E-state index in [1.165, 1.54) is 5.56 Å². The van der Waals surface area contributed by atoms with Gasteiger partial charge in [0.1, 0.15) is 0 Å². The summed E-state index contributed by atoms with van der Waals surface area (Å²) in [5, 5.41) is 0. The number of aryl methyl sites for hydroxylation is 1. The van der Waals surface area contributed by atoms with Gasteiger partial charge < -0.3 is 4.90 Å². The Hall–Kier alpha value is -1.02. The molecule has 16 heavy (non-hydrogen) atoms. The summed E-state index contributed by atoms with van der Waals surface area (Å²) in [4.78, 5) is 13.7. The van der Waals surface area contributed by atoms with E-state index in [1.807, 2.05) is 38.1 Å². The zero-order valence-corrected chi connectivity index (χ0v) is 10.6. The first-order valence-electron chi connectivity index (χ1n) is 5.56. The highest BCUT2D eigenvalue weighted by Crippen LogP contribution is 2.06. The van der Waals surface area contributed by atoms with E-state index in [1.54, 1.807) is 4.90 Å². The van der Waals surface area contributed by atoms with Crippen molar-refractivity contribution in [3.8, 4) is 0 Å². The molecule has 3 heteroatoms. The van der Waals surface area contributed by atoms with Crippen LogP contribution >= 0.6 is 11.6 Å². The molecule has 0 bridgehead atoms. The summed E-state index contributed by atoms with van der Waals surface area (Å²) in [5.41, 5.74) is 2.25. The molecule has 0 aliphatic carbocycles. The van der Waals surface area contributed by atoms with Crippen LogP contribution < -0.4 is 0 Å². The van der Waals surface area contributed by atoms with Crippen LogP contribution in [0.1, 0.15) is 18.1 Å². The molecule has 0 aliphatic rings. The lowest BCUT2D eigenvalue weighted by atomic mass is 10.1. The number of nitrogens with zero attached hydrogens (tertiary/aromatic N) is 1. The van der Waals surface area contributed by atoms with Gasteiger partial charge in [0.05, 0.1) is 6.42 Å². The number of alkyl halides is 1. The summed E-state index contributed by atoms with van der Waals surface area (Å²) in [6.07, 6.45) is 0.465. The van der Waals surface area contributed by atoms with Crippen molar-refractivity contribution in [2.24, 2.45) is 0 Å². The number of carbonyl (C=O) groups excluding carboxylic acids is 1. The molecule has 1 amide bonds. The standard InChI is InChI=1S/C13H18ClNO/c1-3-15(8-7-14)13(16)10-12-6-4-5-11(2)9-12/h4-6,9H,3,7-8,10H2,1-2H3. The van der Waals surface area contributed by atoms with Crippen LogP contribution in [0.25, 0.3) is 0 Å². The van der Waals surface area contributed by atoms with Crippen LogP contribution in [0.2, 0.25) is 0 Å². The van der Waals surface area contributed by atoms with Crippen LogP contribution in [0, 0.1) is 6.92 Å². The number of likely N-dealkylation sites (N-methyl/N-ethyl adjacent to an activating group) is 1. The normalized spacial score (nSPS) is 10.2. The molecule has 0 N–H and O–H groups in total. The van der Waals surface area contributed by atoms with Crippen LogP contribution in [0.4, 0.5) is 0 Å². The Bertz CT molecular complexity index is 352. The third kappa shape index (κ3) is 3.86. The number of benzene rings is 1. The van der Waals surface area contributed by atoms with Gasteiger partial charge in [0, 0.05) is 19.0 Å². The van der Waals surface area contributed by atoms with Crippen molar-refractivity contribution in [2.75, 3.05) is 19.0 Å². The summed E-state index contributed by atoms with van der Waals surface area (Å²) in [5.74, 6) is 0.640. The van der Waals surface area contributed by atoms with Gasteiger partial charge in [-0.15, -0.1) is 11.6 Å². The molecule has 2 nitrogen and oxygen atoms in total. The van der Waals surface area contributed by atoms with Gasteiger partial charge in [-0.3, -0.25) is 4.79 Å². The largest absolute Gasteiger partial charge is 0.341 e. The predicted octanol–water partition coefficient (Wildman–Crippen LogP) is 2.62. The second kappa shape index (κ2) is 6.54. The first kappa shape index (κ1) is 13.0. The smallest absolute Gasteiger partial charge is 0.227 e. The lowest BCUT2D eigenvalue weighted by molar-refractivity contribution is -0.130. The van der Waals surface area contributed by atoms with Gasteiger partial charge >= 0.3 is 0 Å². The zero-order chi connectivity index (χ0) is 12.0. The predicted molar refractivity (Wildman–Crippen MR) is 67.9 cm³/mol. The second-order valence-corrected chi connectivity index (χ2v) is 4.21. The number of hydrogen-bond acceptors (Lipinski definition) is 1. The monoisotopic (exact) mass is 239 g/mol. The Balaban J connectivity index is 2.62. The summed E-state index contributed by atoms with van der Waals surface area (Å²) in [7, 11) is 0. The minimum atomic E-state index is 0.147. The van der Waals surface area contributed by atoms with Gasteiger partial charge in [0.15, 0.2) is 0 Å². The van der Waals surface area contributed by atoms with E-state index >= 15 is 0 Å². The van der Waals surface area contributed by atoms with Gasteiger partial charge in [0.25, 0.3) is 0 Å². The van der Waals surface area contributed by atoms with Crippen molar-refractivity contribution >= 4 is 17.5 Å². The van der Waals surface area contributed by atoms with Crippen molar-refractivity contribution in [1.82, 2.24) is 4.90 Å². The molecule has 0 aliphatic heterocycles. The number of halogens is 1. The van der Waals surface area contributed by atoms with Gasteiger partial charge in [0.2, 0.25) is 5.91 Å². The Morgan fingerprint density at radius 2 is 2.19 bits per heavy atom. The minimum Gasteiger partial charge on any atom is -0.341 e. The lowest BCUT2D eigenvalue weighted by Gasteiger charge is -2.19. The third-order valence-corrected chi connectivity index (χ3v) is 2.70. The Morgan fingerprint density at radius 1 is 1.44 bits per heavy atom. The minimum absolute atomic E-state index is 0.147. The van der Waals surface area contributed by atoms with Crippen LogP contribution in [-0.2, 0) is 11.2 Å².